The quantitative estimate of drug-likeness (QED) is 0.756. The molecule has 2 N–H and O–H groups in total. The lowest BCUT2D eigenvalue weighted by molar-refractivity contribution is -0.122. The van der Waals surface area contributed by atoms with E-state index >= 15 is 0 Å². The number of amidine groups is 1. The van der Waals surface area contributed by atoms with Crippen molar-refractivity contribution in [3.8, 4) is 11.5 Å². The monoisotopic (exact) mass is 413 g/mol. The summed E-state index contributed by atoms with van der Waals surface area (Å²) >= 11 is 1.26. The van der Waals surface area contributed by atoms with Crippen molar-refractivity contribution in [1.29, 1.82) is 0 Å². The molecule has 2 aromatic carbocycles. The first-order valence-electron chi connectivity index (χ1n) is 9.05. The van der Waals surface area contributed by atoms with Gasteiger partial charge in [0.05, 0.1) is 25.6 Å². The van der Waals surface area contributed by atoms with Crippen LogP contribution in [0.15, 0.2) is 41.4 Å². The summed E-state index contributed by atoms with van der Waals surface area (Å²) in [6.45, 7) is 3.95. The number of para-hydroxylation sites is 1. The Balaban J connectivity index is 1.69. The van der Waals surface area contributed by atoms with E-state index in [1.807, 2.05) is 32.0 Å². The first kappa shape index (κ1) is 20.7. The summed E-state index contributed by atoms with van der Waals surface area (Å²) in [5.74, 6) is 0.585. The van der Waals surface area contributed by atoms with E-state index in [9.17, 15) is 9.59 Å². The van der Waals surface area contributed by atoms with Crippen molar-refractivity contribution in [1.82, 2.24) is 5.32 Å². The highest BCUT2D eigenvalue weighted by atomic mass is 32.2. The zero-order chi connectivity index (χ0) is 21.0. The summed E-state index contributed by atoms with van der Waals surface area (Å²) in [7, 11) is 3.07. The highest BCUT2D eigenvalue weighted by Gasteiger charge is 2.32. The molecule has 2 aromatic rings. The molecule has 29 heavy (non-hydrogen) atoms. The lowest BCUT2D eigenvalue weighted by Gasteiger charge is -2.12. The van der Waals surface area contributed by atoms with Gasteiger partial charge in [-0.3, -0.25) is 9.59 Å². The molecule has 1 aliphatic rings. The number of aryl methyl sites for hydroxylation is 2. The molecular weight excluding hydrogens is 390 g/mol. The Morgan fingerprint density at radius 3 is 2.55 bits per heavy atom. The number of carbonyl (C=O) groups is 2. The number of nitrogens with one attached hydrogen (secondary N) is 2. The Labute approximate surface area is 173 Å². The van der Waals surface area contributed by atoms with E-state index in [4.69, 9.17) is 9.47 Å². The Hall–Kier alpha value is -3.00. The highest BCUT2D eigenvalue weighted by Crippen LogP contribution is 2.31. The van der Waals surface area contributed by atoms with Gasteiger partial charge in [0.15, 0.2) is 5.17 Å². The predicted octanol–water partition coefficient (Wildman–Crippen LogP) is 3.57. The summed E-state index contributed by atoms with van der Waals surface area (Å²) in [5.41, 5.74) is 3.38. The summed E-state index contributed by atoms with van der Waals surface area (Å²) in [4.78, 5) is 29.4. The molecule has 1 fully saturated rings. The smallest absolute Gasteiger partial charge is 0.240 e. The van der Waals surface area contributed by atoms with Crippen molar-refractivity contribution in [2.45, 2.75) is 25.5 Å². The lowest BCUT2D eigenvalue weighted by atomic mass is 10.1. The van der Waals surface area contributed by atoms with Crippen LogP contribution in [0, 0.1) is 13.8 Å². The van der Waals surface area contributed by atoms with E-state index in [0.717, 1.165) is 16.8 Å². The maximum Gasteiger partial charge on any atom is 0.240 e. The van der Waals surface area contributed by atoms with Gasteiger partial charge in [-0.05, 0) is 37.1 Å². The molecule has 7 nitrogen and oxygen atoms in total. The first-order chi connectivity index (χ1) is 13.9. The van der Waals surface area contributed by atoms with Crippen LogP contribution in [0.25, 0.3) is 0 Å². The van der Waals surface area contributed by atoms with Crippen LogP contribution in [0.5, 0.6) is 11.5 Å². The second kappa shape index (κ2) is 9.00. The Kier molecular flexibility index (Phi) is 6.43. The molecule has 0 radical (unpaired) electrons. The molecule has 0 bridgehead atoms. The number of ether oxygens (including phenoxy) is 2. The molecule has 1 heterocycles. The molecule has 8 heteroatoms. The summed E-state index contributed by atoms with van der Waals surface area (Å²) < 4.78 is 10.5. The number of amides is 2. The minimum absolute atomic E-state index is 0.0165. The first-order valence-corrected chi connectivity index (χ1v) is 9.93. The number of carbonyl (C=O) groups excluding carboxylic acids is 2. The molecule has 0 aromatic heterocycles. The molecule has 1 saturated heterocycles. The largest absolute Gasteiger partial charge is 0.497 e. The lowest BCUT2D eigenvalue weighted by Crippen LogP contribution is -2.28. The molecule has 0 aliphatic carbocycles. The van der Waals surface area contributed by atoms with Gasteiger partial charge in [-0.1, -0.05) is 30.0 Å². The fraction of sp³-hybridized carbons (Fsp3) is 0.286. The number of thioether (sulfide) groups is 1. The molecule has 2 amide bonds. The normalized spacial score (nSPS) is 17.2. The molecule has 152 valence electrons. The molecule has 0 saturated carbocycles. The average Bonchev–Trinajstić information content (AvgIpc) is 3.03. The number of hydrogen-bond donors (Lipinski definition) is 2. The van der Waals surface area contributed by atoms with Crippen molar-refractivity contribution in [2.24, 2.45) is 4.99 Å². The molecule has 3 rings (SSSR count). The van der Waals surface area contributed by atoms with E-state index in [1.54, 1.807) is 25.3 Å². The van der Waals surface area contributed by atoms with Crippen LogP contribution in [0.4, 0.5) is 11.4 Å². The van der Waals surface area contributed by atoms with Crippen LogP contribution in [0.1, 0.15) is 17.5 Å². The molecule has 0 spiro atoms. The fourth-order valence-electron chi connectivity index (χ4n) is 2.96. The van der Waals surface area contributed by atoms with Crippen molar-refractivity contribution < 1.29 is 19.1 Å². The minimum Gasteiger partial charge on any atom is -0.497 e. The minimum atomic E-state index is -0.547. The van der Waals surface area contributed by atoms with Gasteiger partial charge in [-0.15, -0.1) is 0 Å². The fourth-order valence-corrected chi connectivity index (χ4v) is 3.93. The Bertz CT molecular complexity index is 954. The third-order valence-electron chi connectivity index (χ3n) is 4.48. The van der Waals surface area contributed by atoms with Gasteiger partial charge in [-0.25, -0.2) is 4.99 Å². The highest BCUT2D eigenvalue weighted by molar-refractivity contribution is 8.15. The molecular formula is C21H23N3O4S. The predicted molar refractivity (Wildman–Crippen MR) is 115 cm³/mol. The molecule has 1 atom stereocenters. The number of rotatable bonds is 6. The van der Waals surface area contributed by atoms with Gasteiger partial charge in [0, 0.05) is 12.5 Å². The van der Waals surface area contributed by atoms with Crippen molar-refractivity contribution in [3.63, 3.8) is 0 Å². The number of benzene rings is 2. The van der Waals surface area contributed by atoms with Crippen molar-refractivity contribution in [3.05, 3.63) is 47.5 Å². The zero-order valence-electron chi connectivity index (χ0n) is 16.7. The molecule has 1 aliphatic heterocycles. The third kappa shape index (κ3) is 4.89. The number of methoxy groups -OCH3 is 2. The zero-order valence-corrected chi connectivity index (χ0v) is 17.6. The number of nitrogens with zero attached hydrogens (tertiary/aromatic N) is 1. The molecule has 0 unspecified atom stereocenters. The average molecular weight is 413 g/mol. The van der Waals surface area contributed by atoms with Crippen molar-refractivity contribution in [2.75, 3.05) is 19.5 Å². The van der Waals surface area contributed by atoms with E-state index < -0.39 is 5.25 Å². The maximum absolute atomic E-state index is 12.5. The summed E-state index contributed by atoms with van der Waals surface area (Å²) in [6.07, 6.45) is 0.0165. The third-order valence-corrected chi connectivity index (χ3v) is 5.56. The standard InChI is InChI=1S/C21H23N3O4S/c1-12-6-5-7-13(2)19(12)23-21-24-20(26)17(29-21)11-18(25)22-15-10-14(27-3)8-9-16(15)28-4/h5-10,17H,11H2,1-4H3,(H,22,25)(H,23,24,26)/t17-/m0/s1. The second-order valence-corrected chi connectivity index (χ2v) is 7.76. The van der Waals surface area contributed by atoms with Crippen LogP contribution in [-0.2, 0) is 9.59 Å². The van der Waals surface area contributed by atoms with Gasteiger partial charge in [0.2, 0.25) is 11.8 Å². The number of anilines is 1. The van der Waals surface area contributed by atoms with Crippen LogP contribution in [-0.4, -0.2) is 36.5 Å². The SMILES string of the molecule is COc1ccc(OC)c(NC(=O)C[C@@H]2SC(=Nc3c(C)cccc3C)NC2=O)c1. The summed E-state index contributed by atoms with van der Waals surface area (Å²) in [6, 6.07) is 11.0. The van der Waals surface area contributed by atoms with Gasteiger partial charge in [-0.2, -0.15) is 0 Å². The number of aliphatic imine (C=N–C) groups is 1. The second-order valence-electron chi connectivity index (χ2n) is 6.57. The van der Waals surface area contributed by atoms with Crippen LogP contribution >= 0.6 is 11.8 Å². The van der Waals surface area contributed by atoms with Gasteiger partial charge >= 0.3 is 0 Å². The van der Waals surface area contributed by atoms with Gasteiger partial charge in [0.1, 0.15) is 16.7 Å². The Morgan fingerprint density at radius 2 is 1.90 bits per heavy atom. The summed E-state index contributed by atoms with van der Waals surface area (Å²) in [5, 5.41) is 5.51. The topological polar surface area (TPSA) is 89.0 Å². The van der Waals surface area contributed by atoms with Gasteiger partial charge < -0.3 is 20.1 Å². The van der Waals surface area contributed by atoms with Crippen LogP contribution < -0.4 is 20.1 Å². The number of hydrogen-bond acceptors (Lipinski definition) is 6. The maximum atomic E-state index is 12.5. The van der Waals surface area contributed by atoms with Crippen LogP contribution in [0.3, 0.4) is 0 Å². The van der Waals surface area contributed by atoms with E-state index in [1.165, 1.54) is 18.9 Å². The van der Waals surface area contributed by atoms with Gasteiger partial charge in [0.25, 0.3) is 0 Å². The van der Waals surface area contributed by atoms with E-state index in [0.29, 0.717) is 22.4 Å². The van der Waals surface area contributed by atoms with Crippen LogP contribution in [0.2, 0.25) is 0 Å². The van der Waals surface area contributed by atoms with E-state index in [2.05, 4.69) is 15.6 Å². The van der Waals surface area contributed by atoms with Crippen molar-refractivity contribution >= 4 is 40.1 Å². The Morgan fingerprint density at radius 1 is 1.17 bits per heavy atom. The van der Waals surface area contributed by atoms with E-state index in [-0.39, 0.29) is 18.2 Å².